The summed E-state index contributed by atoms with van der Waals surface area (Å²) in [4.78, 5) is 0. The molecule has 0 saturated heterocycles. The van der Waals surface area contributed by atoms with Gasteiger partial charge in [0.05, 0.1) is 0 Å². The van der Waals surface area contributed by atoms with Crippen LogP contribution in [0.4, 0.5) is 5.69 Å². The third-order valence-electron chi connectivity index (χ3n) is 3.62. The van der Waals surface area contributed by atoms with Crippen LogP contribution in [0, 0.1) is 0 Å². The molecule has 0 fully saturated rings. The second-order valence-corrected chi connectivity index (χ2v) is 4.70. The van der Waals surface area contributed by atoms with Crippen molar-refractivity contribution in [3.05, 3.63) is 59.5 Å². The van der Waals surface area contributed by atoms with Crippen LogP contribution >= 0.6 is 0 Å². The van der Waals surface area contributed by atoms with Crippen LogP contribution in [0.2, 0.25) is 0 Å². The molecule has 1 aromatic carbocycles. The minimum atomic E-state index is 0.345. The maximum absolute atomic E-state index is 5.83. The number of rotatable bonds is 1. The number of aromatic nitrogens is 3. The van der Waals surface area contributed by atoms with Crippen LogP contribution in [0.1, 0.15) is 22.9 Å². The predicted molar refractivity (Wildman–Crippen MR) is 69.4 cm³/mol. The first-order valence-electron chi connectivity index (χ1n) is 6.01. The first-order chi connectivity index (χ1) is 8.83. The summed E-state index contributed by atoms with van der Waals surface area (Å²) in [5.41, 5.74) is 10.2. The SMILES string of the molecule is Nc1ccc2nnc(C3Cc4ccccc43)n2c1. The van der Waals surface area contributed by atoms with Crippen LogP contribution in [0.25, 0.3) is 5.65 Å². The summed E-state index contributed by atoms with van der Waals surface area (Å²) in [7, 11) is 0. The molecular weight excluding hydrogens is 224 g/mol. The standard InChI is InChI=1S/C14H12N4/c15-10-5-6-13-16-17-14(18(13)8-10)12-7-9-3-1-2-4-11(9)12/h1-6,8,12H,7,15H2. The molecule has 0 aliphatic heterocycles. The van der Waals surface area contributed by atoms with E-state index in [-0.39, 0.29) is 0 Å². The highest BCUT2D eigenvalue weighted by Crippen LogP contribution is 2.39. The lowest BCUT2D eigenvalue weighted by molar-refractivity contribution is 0.652. The molecule has 3 aromatic rings. The summed E-state index contributed by atoms with van der Waals surface area (Å²) in [6.45, 7) is 0. The van der Waals surface area contributed by atoms with Crippen molar-refractivity contribution in [3.63, 3.8) is 0 Å². The van der Waals surface area contributed by atoms with Gasteiger partial charge in [0.25, 0.3) is 0 Å². The lowest BCUT2D eigenvalue weighted by Crippen LogP contribution is -2.20. The maximum atomic E-state index is 5.83. The molecule has 0 radical (unpaired) electrons. The lowest BCUT2D eigenvalue weighted by atomic mass is 9.77. The highest BCUT2D eigenvalue weighted by Gasteiger charge is 2.30. The second-order valence-electron chi connectivity index (χ2n) is 4.70. The summed E-state index contributed by atoms with van der Waals surface area (Å²) >= 11 is 0. The number of hydrogen-bond donors (Lipinski definition) is 1. The van der Waals surface area contributed by atoms with Crippen molar-refractivity contribution in [2.75, 3.05) is 5.73 Å². The predicted octanol–water partition coefficient (Wildman–Crippen LogP) is 2.00. The summed E-state index contributed by atoms with van der Waals surface area (Å²) < 4.78 is 2.00. The first-order valence-corrected chi connectivity index (χ1v) is 6.01. The molecule has 0 bridgehead atoms. The molecule has 1 aliphatic carbocycles. The summed E-state index contributed by atoms with van der Waals surface area (Å²) in [6.07, 6.45) is 2.93. The van der Waals surface area contributed by atoms with E-state index in [4.69, 9.17) is 5.73 Å². The van der Waals surface area contributed by atoms with Gasteiger partial charge >= 0.3 is 0 Å². The van der Waals surface area contributed by atoms with Crippen molar-refractivity contribution >= 4 is 11.3 Å². The molecule has 4 nitrogen and oxygen atoms in total. The van der Waals surface area contributed by atoms with Gasteiger partial charge in [-0.25, -0.2) is 0 Å². The summed E-state index contributed by atoms with van der Waals surface area (Å²) in [6, 6.07) is 12.2. The van der Waals surface area contributed by atoms with E-state index in [1.54, 1.807) is 0 Å². The largest absolute Gasteiger partial charge is 0.398 e. The Morgan fingerprint density at radius 3 is 2.89 bits per heavy atom. The number of hydrogen-bond acceptors (Lipinski definition) is 3. The van der Waals surface area contributed by atoms with Crippen LogP contribution in [0.3, 0.4) is 0 Å². The van der Waals surface area contributed by atoms with E-state index >= 15 is 0 Å². The van der Waals surface area contributed by atoms with Crippen LogP contribution in [-0.2, 0) is 6.42 Å². The van der Waals surface area contributed by atoms with Gasteiger partial charge in [0, 0.05) is 17.8 Å². The zero-order chi connectivity index (χ0) is 12.1. The fourth-order valence-electron chi connectivity index (χ4n) is 2.65. The summed E-state index contributed by atoms with van der Waals surface area (Å²) in [5.74, 6) is 1.33. The molecule has 4 heteroatoms. The van der Waals surface area contributed by atoms with Gasteiger partial charge in [-0.05, 0) is 29.7 Å². The Bertz CT molecular complexity index is 744. The van der Waals surface area contributed by atoms with Gasteiger partial charge in [0.2, 0.25) is 0 Å². The Hall–Kier alpha value is -2.36. The zero-order valence-corrected chi connectivity index (χ0v) is 9.74. The van der Waals surface area contributed by atoms with Crippen LogP contribution < -0.4 is 5.73 Å². The Morgan fingerprint density at radius 2 is 2.00 bits per heavy atom. The molecule has 2 heterocycles. The molecule has 2 N–H and O–H groups in total. The van der Waals surface area contributed by atoms with Crippen molar-refractivity contribution in [1.29, 1.82) is 0 Å². The number of nitrogen functional groups attached to an aromatic ring is 1. The molecule has 1 atom stereocenters. The minimum absolute atomic E-state index is 0.345. The Balaban J connectivity index is 1.88. The third kappa shape index (κ3) is 1.20. The number of pyridine rings is 1. The van der Waals surface area contributed by atoms with Crippen LogP contribution in [0.15, 0.2) is 42.6 Å². The Labute approximate surface area is 104 Å². The van der Waals surface area contributed by atoms with Crippen molar-refractivity contribution in [1.82, 2.24) is 14.6 Å². The topological polar surface area (TPSA) is 56.2 Å². The van der Waals surface area contributed by atoms with E-state index in [9.17, 15) is 0 Å². The van der Waals surface area contributed by atoms with Crippen LogP contribution in [0.5, 0.6) is 0 Å². The molecular formula is C14H12N4. The highest BCUT2D eigenvalue weighted by atomic mass is 15.2. The Morgan fingerprint density at radius 1 is 1.11 bits per heavy atom. The fourth-order valence-corrected chi connectivity index (χ4v) is 2.65. The van der Waals surface area contributed by atoms with Gasteiger partial charge in [-0.2, -0.15) is 0 Å². The number of nitrogens with zero attached hydrogens (tertiary/aromatic N) is 3. The van der Waals surface area contributed by atoms with E-state index in [1.165, 1.54) is 11.1 Å². The van der Waals surface area contributed by atoms with Crippen molar-refractivity contribution in [3.8, 4) is 0 Å². The van der Waals surface area contributed by atoms with Crippen molar-refractivity contribution in [2.45, 2.75) is 12.3 Å². The van der Waals surface area contributed by atoms with Gasteiger partial charge in [0.1, 0.15) is 5.82 Å². The third-order valence-corrected chi connectivity index (χ3v) is 3.62. The normalized spacial score (nSPS) is 17.4. The van der Waals surface area contributed by atoms with Crippen molar-refractivity contribution < 1.29 is 0 Å². The molecule has 2 aromatic heterocycles. The molecule has 0 amide bonds. The zero-order valence-electron chi connectivity index (χ0n) is 9.74. The highest BCUT2D eigenvalue weighted by molar-refractivity contribution is 5.50. The van der Waals surface area contributed by atoms with Gasteiger partial charge in [-0.15, -0.1) is 10.2 Å². The van der Waals surface area contributed by atoms with Gasteiger partial charge < -0.3 is 5.73 Å². The Kier molecular flexibility index (Phi) is 1.78. The molecule has 4 rings (SSSR count). The number of benzene rings is 1. The number of anilines is 1. The molecule has 0 spiro atoms. The van der Waals surface area contributed by atoms with E-state index in [0.29, 0.717) is 5.92 Å². The van der Waals surface area contributed by atoms with E-state index in [2.05, 4.69) is 34.5 Å². The van der Waals surface area contributed by atoms with E-state index < -0.39 is 0 Å². The quantitative estimate of drug-likeness (QED) is 0.703. The lowest BCUT2D eigenvalue weighted by Gasteiger charge is -2.28. The van der Waals surface area contributed by atoms with Crippen LogP contribution in [-0.4, -0.2) is 14.6 Å². The maximum Gasteiger partial charge on any atom is 0.160 e. The van der Waals surface area contributed by atoms with Crippen molar-refractivity contribution in [2.24, 2.45) is 0 Å². The molecule has 0 saturated carbocycles. The number of fused-ring (bicyclic) bond motifs is 2. The number of nitrogens with two attached hydrogens (primary N) is 1. The average molecular weight is 236 g/mol. The molecule has 88 valence electrons. The van der Waals surface area contributed by atoms with E-state index in [1.807, 2.05) is 22.7 Å². The monoisotopic (exact) mass is 236 g/mol. The molecule has 18 heavy (non-hydrogen) atoms. The summed E-state index contributed by atoms with van der Waals surface area (Å²) in [5, 5.41) is 8.51. The van der Waals surface area contributed by atoms with Gasteiger partial charge in [-0.1, -0.05) is 24.3 Å². The van der Waals surface area contributed by atoms with Gasteiger partial charge in [-0.3, -0.25) is 4.40 Å². The smallest absolute Gasteiger partial charge is 0.160 e. The van der Waals surface area contributed by atoms with Gasteiger partial charge in [0.15, 0.2) is 5.65 Å². The minimum Gasteiger partial charge on any atom is -0.398 e. The van der Waals surface area contributed by atoms with E-state index in [0.717, 1.165) is 23.6 Å². The molecule has 1 aliphatic rings. The first kappa shape index (κ1) is 9.65. The average Bonchev–Trinajstić information content (AvgIpc) is 2.74. The fraction of sp³-hybridized carbons (Fsp3) is 0.143. The second kappa shape index (κ2) is 3.32. The molecule has 1 unspecified atom stereocenters.